The molecule has 0 spiro atoms. The summed E-state index contributed by atoms with van der Waals surface area (Å²) >= 11 is 0. The van der Waals surface area contributed by atoms with E-state index in [1.807, 2.05) is 0 Å². The van der Waals surface area contributed by atoms with E-state index in [2.05, 4.69) is 5.16 Å². The fourth-order valence-corrected chi connectivity index (χ4v) is 1.44. The van der Waals surface area contributed by atoms with Crippen molar-refractivity contribution in [2.75, 3.05) is 0 Å². The van der Waals surface area contributed by atoms with Crippen LogP contribution in [0.4, 0.5) is 5.69 Å². The van der Waals surface area contributed by atoms with Gasteiger partial charge in [0.15, 0.2) is 11.5 Å². The second-order valence-corrected chi connectivity index (χ2v) is 3.57. The summed E-state index contributed by atoms with van der Waals surface area (Å²) in [7, 11) is 0. The molecule has 0 bridgehead atoms. The van der Waals surface area contributed by atoms with E-state index in [1.54, 1.807) is 0 Å². The Kier molecular flexibility index (Phi) is 3.10. The van der Waals surface area contributed by atoms with Crippen molar-refractivity contribution in [1.29, 1.82) is 0 Å². The van der Waals surface area contributed by atoms with Gasteiger partial charge >= 0.3 is 17.2 Å². The monoisotopic (exact) mass is 265 g/mol. The summed E-state index contributed by atoms with van der Waals surface area (Å²) in [5, 5.41) is 22.5. The summed E-state index contributed by atoms with van der Waals surface area (Å²) in [5.74, 6) is -1.15. The molecule has 2 heterocycles. The smallest absolute Gasteiger partial charge is 0.358 e. The molecule has 0 aliphatic rings. The first-order chi connectivity index (χ1) is 8.99. The molecule has 9 heteroatoms. The minimum absolute atomic E-state index is 0.111. The van der Waals surface area contributed by atoms with E-state index in [4.69, 9.17) is 9.63 Å². The van der Waals surface area contributed by atoms with Crippen molar-refractivity contribution in [3.63, 3.8) is 0 Å². The minimum Gasteiger partial charge on any atom is -0.476 e. The van der Waals surface area contributed by atoms with Gasteiger partial charge < -0.3 is 14.2 Å². The number of carboxylic acid groups (broad SMARTS) is 1. The summed E-state index contributed by atoms with van der Waals surface area (Å²) in [6.45, 7) is -0.138. The fraction of sp³-hybridized carbons (Fsp3) is 0.100. The Balaban J connectivity index is 2.33. The molecule has 19 heavy (non-hydrogen) atoms. The molecule has 0 aliphatic heterocycles. The van der Waals surface area contributed by atoms with Crippen LogP contribution in [-0.2, 0) is 6.54 Å². The zero-order chi connectivity index (χ0) is 14.0. The van der Waals surface area contributed by atoms with Crippen molar-refractivity contribution in [2.45, 2.75) is 6.54 Å². The number of carboxylic acids is 1. The minimum atomic E-state index is -1.26. The maximum atomic E-state index is 11.7. The Morgan fingerprint density at radius 1 is 1.58 bits per heavy atom. The summed E-state index contributed by atoms with van der Waals surface area (Å²) in [6, 6.07) is 3.57. The molecule has 0 saturated heterocycles. The van der Waals surface area contributed by atoms with Crippen LogP contribution >= 0.6 is 0 Å². The third kappa shape index (κ3) is 2.49. The molecule has 1 N–H and O–H groups in total. The van der Waals surface area contributed by atoms with Gasteiger partial charge in [0.05, 0.1) is 11.5 Å². The maximum absolute atomic E-state index is 11.7. The van der Waals surface area contributed by atoms with Crippen LogP contribution in [0.1, 0.15) is 16.2 Å². The van der Waals surface area contributed by atoms with Gasteiger partial charge in [0.2, 0.25) is 0 Å². The van der Waals surface area contributed by atoms with Crippen LogP contribution in [0.2, 0.25) is 0 Å². The van der Waals surface area contributed by atoms with Gasteiger partial charge in [-0.2, -0.15) is 0 Å². The quantitative estimate of drug-likeness (QED) is 0.629. The van der Waals surface area contributed by atoms with Gasteiger partial charge in [-0.3, -0.25) is 14.9 Å². The normalized spacial score (nSPS) is 10.3. The number of hydrogen-bond acceptors (Lipinski definition) is 6. The molecule has 2 aromatic rings. The number of carbonyl (C=O) groups is 1. The topological polar surface area (TPSA) is 128 Å². The first-order valence-corrected chi connectivity index (χ1v) is 5.02. The van der Waals surface area contributed by atoms with Crippen molar-refractivity contribution in [2.24, 2.45) is 0 Å². The lowest BCUT2D eigenvalue weighted by Gasteiger charge is -2.01. The number of hydrogen-bond donors (Lipinski definition) is 1. The molecule has 0 saturated carbocycles. The second kappa shape index (κ2) is 4.72. The Hall–Kier alpha value is -2.97. The predicted octanol–water partition coefficient (Wildman–Crippen LogP) is 0.491. The fourth-order valence-electron chi connectivity index (χ4n) is 1.44. The van der Waals surface area contributed by atoms with Crippen molar-refractivity contribution in [1.82, 2.24) is 9.72 Å². The van der Waals surface area contributed by atoms with E-state index < -0.39 is 22.1 Å². The summed E-state index contributed by atoms with van der Waals surface area (Å²) in [6.07, 6.45) is 1.33. The summed E-state index contributed by atoms with van der Waals surface area (Å²) < 4.78 is 5.76. The molecule has 2 rings (SSSR count). The Bertz CT molecular complexity index is 701. The van der Waals surface area contributed by atoms with E-state index in [0.717, 1.165) is 16.7 Å². The van der Waals surface area contributed by atoms with Crippen LogP contribution in [0, 0.1) is 10.1 Å². The zero-order valence-corrected chi connectivity index (χ0v) is 9.35. The van der Waals surface area contributed by atoms with Crippen molar-refractivity contribution < 1.29 is 19.3 Å². The van der Waals surface area contributed by atoms with Crippen LogP contribution in [0.15, 0.2) is 33.7 Å². The zero-order valence-electron chi connectivity index (χ0n) is 9.35. The standard InChI is InChI=1S/C10H7N3O6/c14-9-8(13(17)18)2-1-3-12(9)5-6-4-7(10(15)16)11-19-6/h1-4H,5H2,(H,15,16). The lowest BCUT2D eigenvalue weighted by atomic mass is 10.3. The van der Waals surface area contributed by atoms with Crippen LogP contribution in [0.5, 0.6) is 0 Å². The molecule has 2 aromatic heterocycles. The lowest BCUT2D eigenvalue weighted by molar-refractivity contribution is -0.386. The molecule has 0 amide bonds. The number of aromatic carboxylic acids is 1. The average molecular weight is 265 g/mol. The highest BCUT2D eigenvalue weighted by Crippen LogP contribution is 2.07. The van der Waals surface area contributed by atoms with E-state index in [-0.39, 0.29) is 18.0 Å². The summed E-state index contributed by atoms with van der Waals surface area (Å²) in [5.41, 5.74) is -1.67. The molecule has 0 aliphatic carbocycles. The van der Waals surface area contributed by atoms with Crippen LogP contribution < -0.4 is 5.56 Å². The molecule has 0 atom stereocenters. The molecular formula is C10H7N3O6. The highest BCUT2D eigenvalue weighted by atomic mass is 16.6. The molecule has 0 fully saturated rings. The first kappa shape index (κ1) is 12.5. The molecule has 0 radical (unpaired) electrons. The van der Waals surface area contributed by atoms with Gasteiger partial charge in [-0.25, -0.2) is 4.79 Å². The lowest BCUT2D eigenvalue weighted by Crippen LogP contribution is -2.22. The Morgan fingerprint density at radius 3 is 2.89 bits per heavy atom. The van der Waals surface area contributed by atoms with Crippen LogP contribution in [0.25, 0.3) is 0 Å². The Morgan fingerprint density at radius 2 is 2.32 bits per heavy atom. The SMILES string of the molecule is O=C(O)c1cc(Cn2cccc([N+](=O)[O-])c2=O)on1. The Labute approximate surface area is 104 Å². The number of rotatable bonds is 4. The van der Waals surface area contributed by atoms with Gasteiger partial charge in [-0.1, -0.05) is 5.16 Å². The maximum Gasteiger partial charge on any atom is 0.358 e. The average Bonchev–Trinajstić information content (AvgIpc) is 2.80. The largest absolute Gasteiger partial charge is 0.476 e. The third-order valence-electron chi connectivity index (χ3n) is 2.30. The van der Waals surface area contributed by atoms with Crippen LogP contribution in [-0.4, -0.2) is 25.7 Å². The highest BCUT2D eigenvalue weighted by molar-refractivity contribution is 5.85. The van der Waals surface area contributed by atoms with E-state index in [0.29, 0.717) is 0 Å². The number of aromatic nitrogens is 2. The van der Waals surface area contributed by atoms with Crippen molar-refractivity contribution >= 4 is 11.7 Å². The van der Waals surface area contributed by atoms with Gasteiger partial charge in [-0.05, 0) is 6.07 Å². The van der Waals surface area contributed by atoms with Crippen LogP contribution in [0.3, 0.4) is 0 Å². The third-order valence-corrected chi connectivity index (χ3v) is 2.30. The second-order valence-electron chi connectivity index (χ2n) is 3.57. The molecule has 98 valence electrons. The highest BCUT2D eigenvalue weighted by Gasteiger charge is 2.16. The predicted molar refractivity (Wildman–Crippen MR) is 59.9 cm³/mol. The van der Waals surface area contributed by atoms with Crippen molar-refractivity contribution in [3.05, 3.63) is 56.3 Å². The number of nitro groups is 1. The molecule has 0 unspecified atom stereocenters. The van der Waals surface area contributed by atoms with E-state index in [1.165, 1.54) is 12.3 Å². The van der Waals surface area contributed by atoms with Gasteiger partial charge in [0.1, 0.15) is 0 Å². The summed E-state index contributed by atoms with van der Waals surface area (Å²) in [4.78, 5) is 32.1. The molecular weight excluding hydrogens is 258 g/mol. The van der Waals surface area contributed by atoms with E-state index in [9.17, 15) is 19.7 Å². The van der Waals surface area contributed by atoms with E-state index >= 15 is 0 Å². The molecule has 0 aromatic carbocycles. The van der Waals surface area contributed by atoms with Gasteiger partial charge in [0.25, 0.3) is 0 Å². The first-order valence-electron chi connectivity index (χ1n) is 5.02. The number of pyridine rings is 1. The van der Waals surface area contributed by atoms with Crippen molar-refractivity contribution in [3.8, 4) is 0 Å². The molecule has 9 nitrogen and oxygen atoms in total. The van der Waals surface area contributed by atoms with Gasteiger partial charge in [-0.15, -0.1) is 0 Å². The van der Waals surface area contributed by atoms with Gasteiger partial charge in [0, 0.05) is 18.3 Å². The number of nitrogens with zero attached hydrogens (tertiary/aromatic N) is 3.